The summed E-state index contributed by atoms with van der Waals surface area (Å²) in [6.45, 7) is 11.2. The van der Waals surface area contributed by atoms with Gasteiger partial charge in [-0.15, -0.1) is 10.3 Å². The van der Waals surface area contributed by atoms with Gasteiger partial charge in [-0.05, 0) is 59.2 Å². The van der Waals surface area contributed by atoms with Crippen molar-refractivity contribution in [3.63, 3.8) is 0 Å². The standard InChI is InChI=1S/C16H32N3OS/c1-6-7-8-9-10-17-14(21)18-13-11-15(2,3)19(20)16(4,5)12-13/h13H,6-12H2,1-5H3,(H2,17,18,21). The summed E-state index contributed by atoms with van der Waals surface area (Å²) in [7, 11) is 0. The summed E-state index contributed by atoms with van der Waals surface area (Å²) in [5.41, 5.74) is -0.702. The molecule has 0 spiro atoms. The molecular weight excluding hydrogens is 282 g/mol. The Bertz CT molecular complexity index is 326. The average molecular weight is 315 g/mol. The highest BCUT2D eigenvalue weighted by Gasteiger charge is 2.46. The van der Waals surface area contributed by atoms with Crippen LogP contribution in [0.25, 0.3) is 0 Å². The Labute approximate surface area is 135 Å². The van der Waals surface area contributed by atoms with Gasteiger partial charge in [0, 0.05) is 23.7 Å². The van der Waals surface area contributed by atoms with Crippen LogP contribution in [0.15, 0.2) is 0 Å². The van der Waals surface area contributed by atoms with Crippen molar-refractivity contribution in [1.29, 1.82) is 0 Å². The van der Waals surface area contributed by atoms with E-state index in [9.17, 15) is 5.21 Å². The highest BCUT2D eigenvalue weighted by molar-refractivity contribution is 7.80. The highest BCUT2D eigenvalue weighted by Crippen LogP contribution is 2.36. The second-order valence-electron chi connectivity index (χ2n) is 7.49. The maximum absolute atomic E-state index is 12.3. The number of hydrogen-bond acceptors (Lipinski definition) is 2. The van der Waals surface area contributed by atoms with E-state index in [4.69, 9.17) is 12.2 Å². The predicted molar refractivity (Wildman–Crippen MR) is 91.6 cm³/mol. The lowest BCUT2D eigenvalue weighted by atomic mass is 9.79. The Balaban J connectivity index is 2.39. The Morgan fingerprint density at radius 3 is 2.24 bits per heavy atom. The summed E-state index contributed by atoms with van der Waals surface area (Å²) in [5, 5.41) is 21.0. The van der Waals surface area contributed by atoms with Crippen LogP contribution in [0.2, 0.25) is 0 Å². The number of rotatable bonds is 6. The monoisotopic (exact) mass is 314 g/mol. The zero-order chi connectivity index (χ0) is 16.1. The van der Waals surface area contributed by atoms with Gasteiger partial charge in [-0.25, -0.2) is 0 Å². The fraction of sp³-hybridized carbons (Fsp3) is 0.938. The first-order valence-electron chi connectivity index (χ1n) is 8.21. The molecule has 1 fully saturated rings. The maximum atomic E-state index is 12.3. The van der Waals surface area contributed by atoms with Crippen molar-refractivity contribution in [2.75, 3.05) is 6.54 Å². The first-order chi connectivity index (χ1) is 9.69. The molecule has 0 aromatic rings. The number of hydroxylamine groups is 2. The van der Waals surface area contributed by atoms with E-state index in [1.165, 1.54) is 24.3 Å². The van der Waals surface area contributed by atoms with E-state index in [0.717, 1.165) is 30.9 Å². The molecule has 0 aromatic carbocycles. The van der Waals surface area contributed by atoms with E-state index >= 15 is 0 Å². The van der Waals surface area contributed by atoms with Crippen LogP contribution in [0.3, 0.4) is 0 Å². The first kappa shape index (κ1) is 18.7. The third kappa shape index (κ3) is 5.72. The van der Waals surface area contributed by atoms with Crippen LogP contribution in [-0.2, 0) is 5.21 Å². The van der Waals surface area contributed by atoms with Gasteiger partial charge in [-0.2, -0.15) is 0 Å². The zero-order valence-corrected chi connectivity index (χ0v) is 15.1. The van der Waals surface area contributed by atoms with Crippen LogP contribution >= 0.6 is 12.2 Å². The minimum atomic E-state index is -0.351. The van der Waals surface area contributed by atoms with Crippen LogP contribution in [-0.4, -0.2) is 33.8 Å². The molecular formula is C16H32N3OS. The van der Waals surface area contributed by atoms with E-state index in [0.29, 0.717) is 0 Å². The third-order valence-electron chi connectivity index (χ3n) is 4.24. The fourth-order valence-electron chi connectivity index (χ4n) is 3.36. The van der Waals surface area contributed by atoms with Crippen LogP contribution in [0.4, 0.5) is 0 Å². The number of piperidine rings is 1. The van der Waals surface area contributed by atoms with Crippen LogP contribution in [0.5, 0.6) is 0 Å². The van der Waals surface area contributed by atoms with Gasteiger partial charge in [-0.3, -0.25) is 0 Å². The van der Waals surface area contributed by atoms with E-state index in [1.54, 1.807) is 0 Å². The molecule has 1 radical (unpaired) electrons. The molecule has 0 bridgehead atoms. The first-order valence-corrected chi connectivity index (χ1v) is 8.62. The number of thiocarbonyl (C=S) groups is 1. The molecule has 0 saturated carbocycles. The molecule has 21 heavy (non-hydrogen) atoms. The van der Waals surface area contributed by atoms with Gasteiger partial charge >= 0.3 is 0 Å². The molecule has 1 saturated heterocycles. The minimum absolute atomic E-state index is 0.260. The Kier molecular flexibility index (Phi) is 6.88. The highest BCUT2D eigenvalue weighted by atomic mass is 32.1. The molecule has 1 aliphatic rings. The molecule has 1 aliphatic heterocycles. The molecule has 0 amide bonds. The van der Waals surface area contributed by atoms with E-state index in [-0.39, 0.29) is 17.1 Å². The summed E-state index contributed by atoms with van der Waals surface area (Å²) in [5.74, 6) is 0. The summed E-state index contributed by atoms with van der Waals surface area (Å²) in [4.78, 5) is 0. The molecule has 1 rings (SSSR count). The van der Waals surface area contributed by atoms with Gasteiger partial charge in [0.2, 0.25) is 0 Å². The largest absolute Gasteiger partial charge is 0.363 e. The van der Waals surface area contributed by atoms with Gasteiger partial charge in [0.15, 0.2) is 5.11 Å². The fourth-order valence-corrected chi connectivity index (χ4v) is 3.62. The lowest BCUT2D eigenvalue weighted by Gasteiger charge is -2.50. The number of hydrogen-bond donors (Lipinski definition) is 2. The summed E-state index contributed by atoms with van der Waals surface area (Å²) < 4.78 is 0. The van der Waals surface area contributed by atoms with Crippen LogP contribution in [0, 0.1) is 0 Å². The summed E-state index contributed by atoms with van der Waals surface area (Å²) >= 11 is 5.38. The smallest absolute Gasteiger partial charge is 0.166 e. The van der Waals surface area contributed by atoms with E-state index in [2.05, 4.69) is 17.6 Å². The Hall–Kier alpha value is -0.390. The molecule has 0 aromatic heterocycles. The van der Waals surface area contributed by atoms with Crippen molar-refractivity contribution >= 4 is 17.3 Å². The predicted octanol–water partition coefficient (Wildman–Crippen LogP) is 3.40. The van der Waals surface area contributed by atoms with Crippen molar-refractivity contribution < 1.29 is 5.21 Å². The lowest BCUT2D eigenvalue weighted by molar-refractivity contribution is -0.289. The maximum Gasteiger partial charge on any atom is 0.166 e. The lowest BCUT2D eigenvalue weighted by Crippen LogP contribution is -2.62. The molecule has 2 N–H and O–H groups in total. The quantitative estimate of drug-likeness (QED) is 0.583. The SMILES string of the molecule is CCCCCCNC(=S)NC1CC(C)(C)N([O])C(C)(C)C1. The van der Waals surface area contributed by atoms with E-state index < -0.39 is 0 Å². The van der Waals surface area contributed by atoms with Gasteiger partial charge in [0.05, 0.1) is 0 Å². The van der Waals surface area contributed by atoms with Gasteiger partial charge in [-0.1, -0.05) is 26.2 Å². The molecule has 0 atom stereocenters. The van der Waals surface area contributed by atoms with Gasteiger partial charge < -0.3 is 10.6 Å². The Morgan fingerprint density at radius 1 is 1.14 bits per heavy atom. The van der Waals surface area contributed by atoms with Crippen LogP contribution in [0.1, 0.15) is 73.1 Å². The molecule has 0 aliphatic carbocycles. The van der Waals surface area contributed by atoms with Crippen molar-refractivity contribution in [2.24, 2.45) is 0 Å². The summed E-state index contributed by atoms with van der Waals surface area (Å²) in [6.07, 6.45) is 6.58. The molecule has 1 heterocycles. The average Bonchev–Trinajstić information content (AvgIpc) is 2.35. The zero-order valence-electron chi connectivity index (χ0n) is 14.3. The van der Waals surface area contributed by atoms with Crippen LogP contribution < -0.4 is 10.6 Å². The summed E-state index contributed by atoms with van der Waals surface area (Å²) in [6, 6.07) is 0.260. The Morgan fingerprint density at radius 2 is 1.71 bits per heavy atom. The van der Waals surface area contributed by atoms with Crippen molar-refractivity contribution in [3.05, 3.63) is 0 Å². The molecule has 4 nitrogen and oxygen atoms in total. The van der Waals surface area contributed by atoms with Crippen molar-refractivity contribution in [3.8, 4) is 0 Å². The van der Waals surface area contributed by atoms with E-state index in [1.807, 2.05) is 27.7 Å². The topological polar surface area (TPSA) is 47.2 Å². The second-order valence-corrected chi connectivity index (χ2v) is 7.89. The van der Waals surface area contributed by atoms with Gasteiger partial charge in [0.1, 0.15) is 0 Å². The molecule has 0 unspecified atom stereocenters. The minimum Gasteiger partial charge on any atom is -0.363 e. The normalized spacial score (nSPS) is 22.0. The van der Waals surface area contributed by atoms with Gasteiger partial charge in [0.25, 0.3) is 0 Å². The number of nitrogens with zero attached hydrogens (tertiary/aromatic N) is 1. The second kappa shape index (κ2) is 7.75. The van der Waals surface area contributed by atoms with Crippen molar-refractivity contribution in [2.45, 2.75) is 90.3 Å². The number of nitrogens with one attached hydrogen (secondary N) is 2. The molecule has 123 valence electrons. The number of unbranched alkanes of at least 4 members (excludes halogenated alkanes) is 3. The molecule has 5 heteroatoms. The third-order valence-corrected chi connectivity index (χ3v) is 4.50. The van der Waals surface area contributed by atoms with Crippen molar-refractivity contribution in [1.82, 2.24) is 15.7 Å².